The number of amides is 1. The highest BCUT2D eigenvalue weighted by molar-refractivity contribution is 5.99. The van der Waals surface area contributed by atoms with Crippen LogP contribution < -0.4 is 11.1 Å². The van der Waals surface area contributed by atoms with Crippen LogP contribution in [-0.2, 0) is 0 Å². The Hall–Kier alpha value is -1.51. The van der Waals surface area contributed by atoms with Crippen LogP contribution in [0.5, 0.6) is 0 Å². The second-order valence-electron chi connectivity index (χ2n) is 5.29. The van der Waals surface area contributed by atoms with Crippen LogP contribution in [0.25, 0.3) is 0 Å². The lowest BCUT2D eigenvalue weighted by Crippen LogP contribution is -2.26. The summed E-state index contributed by atoms with van der Waals surface area (Å²) in [5.41, 5.74) is 8.09. The van der Waals surface area contributed by atoms with E-state index < -0.39 is 0 Å². The highest BCUT2D eigenvalue weighted by Gasteiger charge is 2.15. The van der Waals surface area contributed by atoms with Gasteiger partial charge in [0.25, 0.3) is 5.91 Å². The number of carbonyl (C=O) groups is 1. The van der Waals surface area contributed by atoms with Crippen LogP contribution in [0.15, 0.2) is 18.2 Å². The Balaban J connectivity index is 1.83. The first-order valence-corrected chi connectivity index (χ1v) is 6.81. The number of nitrogen functional groups attached to an aromatic ring is 1. The Bertz CT molecular complexity index is 423. The number of anilines is 1. The average Bonchev–Trinajstić information content (AvgIpc) is 2.81. The number of rotatable bonds is 4. The van der Waals surface area contributed by atoms with Gasteiger partial charge in [0, 0.05) is 12.2 Å². The highest BCUT2D eigenvalue weighted by Crippen LogP contribution is 2.26. The third-order valence-electron chi connectivity index (χ3n) is 3.76. The van der Waals surface area contributed by atoms with Crippen molar-refractivity contribution in [2.75, 3.05) is 12.3 Å². The van der Waals surface area contributed by atoms with Crippen LogP contribution in [0.1, 0.15) is 48.0 Å². The van der Waals surface area contributed by atoms with Crippen molar-refractivity contribution in [3.05, 3.63) is 29.3 Å². The van der Waals surface area contributed by atoms with E-state index in [0.717, 1.165) is 24.4 Å². The van der Waals surface area contributed by atoms with Gasteiger partial charge in [-0.25, -0.2) is 0 Å². The fraction of sp³-hybridized carbons (Fsp3) is 0.533. The molecule has 0 spiro atoms. The van der Waals surface area contributed by atoms with Crippen LogP contribution in [0.2, 0.25) is 0 Å². The monoisotopic (exact) mass is 246 g/mol. The summed E-state index contributed by atoms with van der Waals surface area (Å²) >= 11 is 0. The Morgan fingerprint density at radius 2 is 2.11 bits per heavy atom. The molecule has 3 nitrogen and oxygen atoms in total. The lowest BCUT2D eigenvalue weighted by atomic mass is 10.0. The van der Waals surface area contributed by atoms with Crippen molar-refractivity contribution < 1.29 is 4.79 Å². The van der Waals surface area contributed by atoms with Gasteiger partial charge in [-0.3, -0.25) is 4.79 Å². The average molecular weight is 246 g/mol. The number of nitrogens with one attached hydrogen (secondary N) is 1. The summed E-state index contributed by atoms with van der Waals surface area (Å²) < 4.78 is 0. The van der Waals surface area contributed by atoms with Gasteiger partial charge in [0.1, 0.15) is 0 Å². The molecule has 1 saturated carbocycles. The molecule has 0 radical (unpaired) electrons. The summed E-state index contributed by atoms with van der Waals surface area (Å²) in [6.07, 6.45) is 6.44. The van der Waals surface area contributed by atoms with Gasteiger partial charge < -0.3 is 11.1 Å². The third-order valence-corrected chi connectivity index (χ3v) is 3.76. The molecular formula is C15H22N2O. The minimum atomic E-state index is -0.0505. The molecule has 0 heterocycles. The van der Waals surface area contributed by atoms with E-state index >= 15 is 0 Å². The summed E-state index contributed by atoms with van der Waals surface area (Å²) in [4.78, 5) is 12.0. The third kappa shape index (κ3) is 3.25. The molecule has 1 aromatic rings. The Labute approximate surface area is 109 Å². The van der Waals surface area contributed by atoms with E-state index in [1.54, 1.807) is 6.07 Å². The van der Waals surface area contributed by atoms with Gasteiger partial charge in [-0.15, -0.1) is 0 Å². The van der Waals surface area contributed by atoms with E-state index in [4.69, 9.17) is 5.73 Å². The molecule has 0 saturated heterocycles. The van der Waals surface area contributed by atoms with Gasteiger partial charge in [0.05, 0.1) is 5.56 Å². The van der Waals surface area contributed by atoms with Crippen molar-refractivity contribution in [2.24, 2.45) is 5.92 Å². The number of carbonyl (C=O) groups excluding carboxylic acids is 1. The molecule has 0 aliphatic heterocycles. The molecule has 1 aliphatic carbocycles. The molecule has 3 heteroatoms. The maximum Gasteiger partial charge on any atom is 0.253 e. The number of aryl methyl sites for hydroxylation is 1. The first-order valence-electron chi connectivity index (χ1n) is 6.81. The van der Waals surface area contributed by atoms with E-state index in [0.29, 0.717) is 11.3 Å². The second-order valence-corrected chi connectivity index (χ2v) is 5.29. The zero-order valence-electron chi connectivity index (χ0n) is 11.0. The van der Waals surface area contributed by atoms with E-state index in [1.165, 1.54) is 25.7 Å². The number of benzene rings is 1. The van der Waals surface area contributed by atoms with Crippen LogP contribution in [0.3, 0.4) is 0 Å². The number of hydrogen-bond donors (Lipinski definition) is 2. The topological polar surface area (TPSA) is 55.1 Å². The lowest BCUT2D eigenvalue weighted by molar-refractivity contribution is 0.0952. The smallest absolute Gasteiger partial charge is 0.253 e. The van der Waals surface area contributed by atoms with Crippen LogP contribution in [0, 0.1) is 12.8 Å². The molecular weight excluding hydrogens is 224 g/mol. The molecule has 0 unspecified atom stereocenters. The molecule has 18 heavy (non-hydrogen) atoms. The molecule has 0 bridgehead atoms. The Morgan fingerprint density at radius 1 is 1.39 bits per heavy atom. The fourth-order valence-electron chi connectivity index (χ4n) is 2.67. The minimum Gasteiger partial charge on any atom is -0.398 e. The van der Waals surface area contributed by atoms with E-state index in [9.17, 15) is 4.79 Å². The Morgan fingerprint density at radius 3 is 2.78 bits per heavy atom. The largest absolute Gasteiger partial charge is 0.398 e. The molecule has 3 N–H and O–H groups in total. The van der Waals surface area contributed by atoms with Gasteiger partial charge in [0.2, 0.25) is 0 Å². The number of nitrogens with two attached hydrogens (primary N) is 1. The van der Waals surface area contributed by atoms with Crippen molar-refractivity contribution in [3.8, 4) is 0 Å². The lowest BCUT2D eigenvalue weighted by Gasteiger charge is -2.11. The summed E-state index contributed by atoms with van der Waals surface area (Å²) in [6, 6.07) is 5.56. The fourth-order valence-corrected chi connectivity index (χ4v) is 2.67. The SMILES string of the molecule is Cc1ccc(C(=O)NCCC2CCCC2)c(N)c1. The second kappa shape index (κ2) is 5.89. The van der Waals surface area contributed by atoms with Crippen LogP contribution in [0.4, 0.5) is 5.69 Å². The molecule has 1 aromatic carbocycles. The first-order chi connectivity index (χ1) is 8.66. The molecule has 1 aliphatic rings. The highest BCUT2D eigenvalue weighted by atomic mass is 16.1. The van der Waals surface area contributed by atoms with Gasteiger partial charge in [0.15, 0.2) is 0 Å². The summed E-state index contributed by atoms with van der Waals surface area (Å²) in [5.74, 6) is 0.756. The van der Waals surface area contributed by atoms with Crippen molar-refractivity contribution in [3.63, 3.8) is 0 Å². The zero-order chi connectivity index (χ0) is 13.0. The maximum atomic E-state index is 12.0. The van der Waals surface area contributed by atoms with Crippen molar-refractivity contribution in [1.29, 1.82) is 0 Å². The molecule has 0 atom stereocenters. The predicted octanol–water partition coefficient (Wildman–Crippen LogP) is 2.89. The van der Waals surface area contributed by atoms with Crippen molar-refractivity contribution >= 4 is 11.6 Å². The molecule has 2 rings (SSSR count). The van der Waals surface area contributed by atoms with Gasteiger partial charge in [-0.05, 0) is 37.0 Å². The van der Waals surface area contributed by atoms with E-state index in [2.05, 4.69) is 5.32 Å². The summed E-state index contributed by atoms with van der Waals surface area (Å²) in [5, 5.41) is 2.97. The normalized spacial score (nSPS) is 15.8. The first kappa shape index (κ1) is 12.9. The number of hydrogen-bond acceptors (Lipinski definition) is 2. The van der Waals surface area contributed by atoms with E-state index in [-0.39, 0.29) is 5.91 Å². The standard InChI is InChI=1S/C15H22N2O/c1-11-6-7-13(14(16)10-11)15(18)17-9-8-12-4-2-3-5-12/h6-7,10,12H,2-5,8-9,16H2,1H3,(H,17,18). The summed E-state index contributed by atoms with van der Waals surface area (Å²) in [6.45, 7) is 2.73. The van der Waals surface area contributed by atoms with Gasteiger partial charge >= 0.3 is 0 Å². The quantitative estimate of drug-likeness (QED) is 0.803. The van der Waals surface area contributed by atoms with Gasteiger partial charge in [-0.2, -0.15) is 0 Å². The molecule has 98 valence electrons. The van der Waals surface area contributed by atoms with Crippen LogP contribution >= 0.6 is 0 Å². The molecule has 1 fully saturated rings. The predicted molar refractivity (Wildman–Crippen MR) is 74.5 cm³/mol. The van der Waals surface area contributed by atoms with Crippen molar-refractivity contribution in [2.45, 2.75) is 39.0 Å². The van der Waals surface area contributed by atoms with E-state index in [1.807, 2.05) is 19.1 Å². The summed E-state index contributed by atoms with van der Waals surface area (Å²) in [7, 11) is 0. The minimum absolute atomic E-state index is 0.0505. The maximum absolute atomic E-state index is 12.0. The van der Waals surface area contributed by atoms with Crippen molar-refractivity contribution in [1.82, 2.24) is 5.32 Å². The Kier molecular flexibility index (Phi) is 4.24. The van der Waals surface area contributed by atoms with Crippen LogP contribution in [-0.4, -0.2) is 12.5 Å². The zero-order valence-corrected chi connectivity index (χ0v) is 11.0. The molecule has 1 amide bonds. The molecule has 0 aromatic heterocycles. The van der Waals surface area contributed by atoms with Gasteiger partial charge in [-0.1, -0.05) is 31.7 Å².